The second kappa shape index (κ2) is 9.05. The van der Waals surface area contributed by atoms with Crippen molar-refractivity contribution >= 4 is 34.7 Å². The van der Waals surface area contributed by atoms with E-state index in [0.717, 1.165) is 24.0 Å². The lowest BCUT2D eigenvalue weighted by Gasteiger charge is -2.35. The molecule has 0 N–H and O–H groups in total. The molecule has 1 atom stereocenters. The topological polar surface area (TPSA) is 86.5 Å². The number of nitrogens with zero attached hydrogens (tertiary/aromatic N) is 5. The minimum atomic E-state index is -0.883. The molecule has 1 saturated carbocycles. The smallest absolute Gasteiger partial charge is 0.254 e. The van der Waals surface area contributed by atoms with Gasteiger partial charge in [-0.2, -0.15) is 5.26 Å². The van der Waals surface area contributed by atoms with Crippen molar-refractivity contribution in [2.75, 3.05) is 45.2 Å². The number of rotatable bonds is 5. The number of carbonyl (C=O) groups excluding carboxylic acids is 1. The van der Waals surface area contributed by atoms with E-state index in [4.69, 9.17) is 11.6 Å². The highest BCUT2D eigenvalue weighted by Gasteiger charge is 2.40. The maximum Gasteiger partial charge on any atom is 0.254 e. The molecule has 1 unspecified atom stereocenters. The van der Waals surface area contributed by atoms with Crippen LogP contribution in [0, 0.1) is 11.3 Å². The van der Waals surface area contributed by atoms with Crippen molar-refractivity contribution in [1.29, 1.82) is 5.26 Å². The number of hydrogen-bond donors (Lipinski definition) is 0. The van der Waals surface area contributed by atoms with E-state index < -0.39 is 11.4 Å². The van der Waals surface area contributed by atoms with Gasteiger partial charge in [0.2, 0.25) is 0 Å². The normalized spacial score (nSPS) is 17.8. The Kier molecular flexibility index (Phi) is 6.39. The maximum absolute atomic E-state index is 12.4. The average molecular weight is 458 g/mol. The molecule has 1 amide bonds. The lowest BCUT2D eigenvalue weighted by Crippen LogP contribution is -2.50. The molecule has 1 saturated heterocycles. The van der Waals surface area contributed by atoms with Crippen molar-refractivity contribution in [3.05, 3.63) is 46.6 Å². The third-order valence-corrected chi connectivity index (χ3v) is 7.76. The van der Waals surface area contributed by atoms with Gasteiger partial charge in [0.05, 0.1) is 29.2 Å². The Labute approximate surface area is 190 Å². The van der Waals surface area contributed by atoms with Gasteiger partial charge >= 0.3 is 0 Å². The number of pyridine rings is 1. The summed E-state index contributed by atoms with van der Waals surface area (Å²) in [6.07, 6.45) is 3.84. The van der Waals surface area contributed by atoms with Crippen LogP contribution in [0.3, 0.4) is 0 Å². The Hall–Kier alpha value is -2.31. The van der Waals surface area contributed by atoms with Gasteiger partial charge in [-0.1, -0.05) is 17.7 Å². The molecule has 1 aliphatic heterocycles. The van der Waals surface area contributed by atoms with Gasteiger partial charge in [0.1, 0.15) is 17.1 Å². The molecule has 2 fully saturated rings. The van der Waals surface area contributed by atoms with Crippen LogP contribution in [0.15, 0.2) is 30.5 Å². The van der Waals surface area contributed by atoms with E-state index in [-0.39, 0.29) is 5.91 Å². The highest BCUT2D eigenvalue weighted by atomic mass is 35.5. The van der Waals surface area contributed by atoms with Crippen LogP contribution in [-0.4, -0.2) is 70.2 Å². The third kappa shape index (κ3) is 4.65. The number of halogens is 1. The number of benzene rings is 1. The predicted molar refractivity (Wildman–Crippen MR) is 122 cm³/mol. The first-order valence-electron chi connectivity index (χ1n) is 10.2. The number of anilines is 1. The fourth-order valence-corrected chi connectivity index (χ4v) is 5.36. The summed E-state index contributed by atoms with van der Waals surface area (Å²) in [6, 6.07) is 9.28. The van der Waals surface area contributed by atoms with Gasteiger partial charge in [-0.25, -0.2) is 4.98 Å². The summed E-state index contributed by atoms with van der Waals surface area (Å²) in [7, 11) is 3.36. The molecule has 162 valence electrons. The number of piperazine rings is 1. The van der Waals surface area contributed by atoms with Crippen LogP contribution in [0.1, 0.15) is 28.8 Å². The SMILES string of the molecule is CN(C)C(=O)c1ccc(-c2cnc(N3CCN([S+]([O-])C4CC4)CC3)c(C#N)c2)cc1Cl. The predicted octanol–water partition coefficient (Wildman–Crippen LogP) is 2.92. The summed E-state index contributed by atoms with van der Waals surface area (Å²) in [4.78, 5) is 20.3. The zero-order valence-corrected chi connectivity index (χ0v) is 19.1. The summed E-state index contributed by atoms with van der Waals surface area (Å²) in [5, 5.41) is 10.4. The molecule has 0 radical (unpaired) electrons. The largest absolute Gasteiger partial charge is 0.598 e. The fraction of sp³-hybridized carbons (Fsp3) is 0.409. The summed E-state index contributed by atoms with van der Waals surface area (Å²) < 4.78 is 14.4. The van der Waals surface area contributed by atoms with Crippen LogP contribution < -0.4 is 4.90 Å². The zero-order valence-electron chi connectivity index (χ0n) is 17.5. The number of hydrogen-bond acceptors (Lipinski definition) is 6. The van der Waals surface area contributed by atoms with Gasteiger partial charge in [-0.15, -0.1) is 4.31 Å². The number of amides is 1. The van der Waals surface area contributed by atoms with Crippen molar-refractivity contribution in [2.24, 2.45) is 0 Å². The first-order chi connectivity index (χ1) is 14.9. The van der Waals surface area contributed by atoms with Gasteiger partial charge in [0.25, 0.3) is 5.91 Å². The van der Waals surface area contributed by atoms with Gasteiger partial charge in [0.15, 0.2) is 0 Å². The molecule has 2 heterocycles. The van der Waals surface area contributed by atoms with E-state index in [0.29, 0.717) is 53.4 Å². The van der Waals surface area contributed by atoms with Crippen molar-refractivity contribution in [3.63, 3.8) is 0 Å². The zero-order chi connectivity index (χ0) is 22.1. The molecule has 2 aliphatic rings. The molecule has 1 aliphatic carbocycles. The van der Waals surface area contributed by atoms with E-state index in [2.05, 4.69) is 16.0 Å². The van der Waals surface area contributed by atoms with E-state index in [9.17, 15) is 14.6 Å². The Morgan fingerprint density at radius 1 is 1.23 bits per heavy atom. The monoisotopic (exact) mass is 457 g/mol. The van der Waals surface area contributed by atoms with Crippen molar-refractivity contribution in [2.45, 2.75) is 18.1 Å². The molecule has 4 rings (SSSR count). The Balaban J connectivity index is 1.52. The standard InChI is InChI=1S/C22H24ClN5O2S/c1-26(2)22(29)19-6-3-15(12-20(19)23)17-11-16(13-24)21(25-14-17)27-7-9-28(10-8-27)31(30)18-4-5-18/h3,6,11-12,14,18H,4-5,7-10H2,1-2H3. The molecule has 31 heavy (non-hydrogen) atoms. The highest BCUT2D eigenvalue weighted by Crippen LogP contribution is 2.33. The summed E-state index contributed by atoms with van der Waals surface area (Å²) in [5.74, 6) is 0.484. The Morgan fingerprint density at radius 3 is 2.52 bits per heavy atom. The number of nitriles is 1. The van der Waals surface area contributed by atoms with Crippen LogP contribution >= 0.6 is 11.6 Å². The molecule has 9 heteroatoms. The lowest BCUT2D eigenvalue weighted by molar-refractivity contribution is 0.0828. The molecule has 2 aromatic rings. The van der Waals surface area contributed by atoms with Gasteiger partial charge in [0, 0.05) is 63.1 Å². The van der Waals surface area contributed by atoms with Gasteiger partial charge in [-0.3, -0.25) is 4.79 Å². The van der Waals surface area contributed by atoms with Gasteiger partial charge in [-0.05, 0) is 23.8 Å². The molecular weight excluding hydrogens is 434 g/mol. The molecule has 7 nitrogen and oxygen atoms in total. The van der Waals surface area contributed by atoms with E-state index in [1.54, 1.807) is 38.5 Å². The Bertz CT molecular complexity index is 1030. The molecule has 1 aromatic heterocycles. The second-order valence-corrected chi connectivity index (χ2v) is 10.1. The molecule has 0 spiro atoms. The van der Waals surface area contributed by atoms with Crippen molar-refractivity contribution < 1.29 is 9.35 Å². The van der Waals surface area contributed by atoms with Crippen LogP contribution in [-0.2, 0) is 11.4 Å². The second-order valence-electron chi connectivity index (χ2n) is 7.99. The summed E-state index contributed by atoms with van der Waals surface area (Å²) in [6.45, 7) is 2.78. The minimum absolute atomic E-state index is 0.163. The van der Waals surface area contributed by atoms with Crippen molar-refractivity contribution in [3.8, 4) is 17.2 Å². The molecular formula is C22H24ClN5O2S. The summed E-state index contributed by atoms with van der Waals surface area (Å²) >= 11 is 5.46. The van der Waals surface area contributed by atoms with Crippen LogP contribution in [0.5, 0.6) is 0 Å². The third-order valence-electron chi connectivity index (χ3n) is 5.53. The van der Waals surface area contributed by atoms with Crippen LogP contribution in [0.2, 0.25) is 5.02 Å². The fourth-order valence-electron chi connectivity index (χ4n) is 3.62. The molecule has 0 bridgehead atoms. The van der Waals surface area contributed by atoms with Crippen LogP contribution in [0.25, 0.3) is 11.1 Å². The lowest BCUT2D eigenvalue weighted by atomic mass is 10.0. The maximum atomic E-state index is 12.4. The van der Waals surface area contributed by atoms with E-state index in [1.165, 1.54) is 4.90 Å². The van der Waals surface area contributed by atoms with Crippen molar-refractivity contribution in [1.82, 2.24) is 14.2 Å². The quantitative estimate of drug-likeness (QED) is 0.641. The number of carbonyl (C=O) groups is 1. The van der Waals surface area contributed by atoms with E-state index in [1.807, 2.05) is 10.4 Å². The highest BCUT2D eigenvalue weighted by molar-refractivity contribution is 7.90. The molecule has 1 aromatic carbocycles. The first kappa shape index (κ1) is 21.9. The minimum Gasteiger partial charge on any atom is -0.598 e. The Morgan fingerprint density at radius 2 is 1.94 bits per heavy atom. The first-order valence-corrected chi connectivity index (χ1v) is 11.8. The number of aromatic nitrogens is 1. The van der Waals surface area contributed by atoms with Gasteiger partial charge < -0.3 is 14.4 Å². The van der Waals surface area contributed by atoms with Crippen LogP contribution in [0.4, 0.5) is 5.82 Å². The van der Waals surface area contributed by atoms with E-state index >= 15 is 0 Å². The summed E-state index contributed by atoms with van der Waals surface area (Å²) in [5.41, 5.74) is 2.47. The average Bonchev–Trinajstić information content (AvgIpc) is 3.63.